The molecule has 1 fully saturated rings. The second-order valence-electron chi connectivity index (χ2n) is 6.03. The zero-order valence-corrected chi connectivity index (χ0v) is 16.6. The van der Waals surface area contributed by atoms with E-state index in [1.165, 1.54) is 0 Å². The fourth-order valence-electron chi connectivity index (χ4n) is 2.64. The molecule has 0 radical (unpaired) electrons. The minimum atomic E-state index is -3.10. The predicted octanol–water partition coefficient (Wildman–Crippen LogP) is 0.409. The summed E-state index contributed by atoms with van der Waals surface area (Å²) in [5.41, 5.74) is 0. The van der Waals surface area contributed by atoms with Crippen molar-refractivity contribution in [1.29, 1.82) is 0 Å². The first-order valence-corrected chi connectivity index (χ1v) is 10.7. The van der Waals surface area contributed by atoms with E-state index in [2.05, 4.69) is 19.9 Å². The van der Waals surface area contributed by atoms with Crippen LogP contribution >= 0.6 is 0 Å². The van der Waals surface area contributed by atoms with Gasteiger partial charge in [-0.05, 0) is 32.6 Å². The smallest absolute Gasteiger partial charge is 0.211 e. The molecule has 0 amide bonds. The molecule has 9 heteroatoms. The molecule has 2 N–H and O–H groups in total. The lowest BCUT2D eigenvalue weighted by atomic mass is 10.1. The van der Waals surface area contributed by atoms with Crippen LogP contribution in [-0.4, -0.2) is 84.7 Å². The van der Waals surface area contributed by atoms with Crippen molar-refractivity contribution in [2.45, 2.75) is 38.7 Å². The van der Waals surface area contributed by atoms with Crippen LogP contribution in [0.4, 0.5) is 0 Å². The van der Waals surface area contributed by atoms with Gasteiger partial charge in [0, 0.05) is 53.6 Å². The van der Waals surface area contributed by atoms with Crippen LogP contribution in [-0.2, 0) is 19.5 Å². The van der Waals surface area contributed by atoms with E-state index in [4.69, 9.17) is 9.47 Å². The molecule has 0 aromatic heterocycles. The summed E-state index contributed by atoms with van der Waals surface area (Å²) in [5.74, 6) is 0.987. The minimum absolute atomic E-state index is 0.116. The minimum Gasteiger partial charge on any atom is -0.385 e. The van der Waals surface area contributed by atoms with Crippen LogP contribution in [0.15, 0.2) is 4.99 Å². The lowest BCUT2D eigenvalue weighted by Crippen LogP contribution is -2.47. The molecule has 0 atom stereocenters. The van der Waals surface area contributed by atoms with Crippen molar-refractivity contribution in [2.24, 2.45) is 4.99 Å². The van der Waals surface area contributed by atoms with Gasteiger partial charge < -0.3 is 19.7 Å². The van der Waals surface area contributed by atoms with Crippen molar-refractivity contribution in [1.82, 2.24) is 14.9 Å². The summed E-state index contributed by atoms with van der Waals surface area (Å²) in [6, 6.07) is 0. The molecular formula is C16H34N4O4S. The standard InChI is InChI=1S/C16H34N4O4S/c1-4-25(21,22)19-10-5-9-18-16(17-2)20-11-7-15(8-12-20)24-14-6-13-23-3/h15,19H,4-14H2,1-3H3,(H,17,18). The Kier molecular flexibility index (Phi) is 11.0. The van der Waals surface area contributed by atoms with Gasteiger partial charge in [0.15, 0.2) is 5.96 Å². The molecule has 0 unspecified atom stereocenters. The van der Waals surface area contributed by atoms with Gasteiger partial charge in [0.25, 0.3) is 0 Å². The topological polar surface area (TPSA) is 92.3 Å². The normalized spacial score (nSPS) is 17.1. The molecule has 0 bridgehead atoms. The Morgan fingerprint density at radius 1 is 1.20 bits per heavy atom. The van der Waals surface area contributed by atoms with Crippen molar-refractivity contribution < 1.29 is 17.9 Å². The van der Waals surface area contributed by atoms with Crippen molar-refractivity contribution in [3.63, 3.8) is 0 Å². The maximum atomic E-state index is 11.4. The number of piperidine rings is 1. The molecule has 0 aromatic rings. The average Bonchev–Trinajstić information content (AvgIpc) is 2.62. The van der Waals surface area contributed by atoms with Crippen molar-refractivity contribution in [3.8, 4) is 0 Å². The molecule has 1 heterocycles. The van der Waals surface area contributed by atoms with Crippen LogP contribution in [0.1, 0.15) is 32.6 Å². The predicted molar refractivity (Wildman–Crippen MR) is 100 cm³/mol. The third kappa shape index (κ3) is 9.39. The second-order valence-corrected chi connectivity index (χ2v) is 8.12. The number of nitrogens with zero attached hydrogens (tertiary/aromatic N) is 2. The zero-order chi connectivity index (χ0) is 18.5. The molecular weight excluding hydrogens is 344 g/mol. The van der Waals surface area contributed by atoms with E-state index in [1.54, 1.807) is 21.1 Å². The number of rotatable bonds is 11. The van der Waals surface area contributed by atoms with Gasteiger partial charge in [0.05, 0.1) is 11.9 Å². The maximum Gasteiger partial charge on any atom is 0.211 e. The first-order valence-electron chi connectivity index (χ1n) is 9.06. The van der Waals surface area contributed by atoms with Crippen LogP contribution < -0.4 is 10.0 Å². The number of guanidine groups is 1. The fraction of sp³-hybridized carbons (Fsp3) is 0.938. The van der Waals surface area contributed by atoms with Crippen LogP contribution in [0.3, 0.4) is 0 Å². The van der Waals surface area contributed by atoms with Crippen molar-refractivity contribution in [2.75, 3.05) is 59.3 Å². The summed E-state index contributed by atoms with van der Waals surface area (Å²) in [6.07, 6.45) is 3.95. The summed E-state index contributed by atoms with van der Waals surface area (Å²) in [5, 5.41) is 3.30. The van der Waals surface area contributed by atoms with Gasteiger partial charge in [-0.3, -0.25) is 4.99 Å². The number of sulfonamides is 1. The number of likely N-dealkylation sites (tertiary alicyclic amines) is 1. The quantitative estimate of drug-likeness (QED) is 0.307. The highest BCUT2D eigenvalue weighted by Gasteiger charge is 2.21. The zero-order valence-electron chi connectivity index (χ0n) is 15.8. The number of aliphatic imine (C=N–C) groups is 1. The summed E-state index contributed by atoms with van der Waals surface area (Å²) >= 11 is 0. The number of hydrogen-bond donors (Lipinski definition) is 2. The molecule has 1 aliphatic heterocycles. The SMILES string of the molecule is CCS(=O)(=O)NCCCNC(=NC)N1CCC(OCCCOC)CC1. The number of hydrogen-bond acceptors (Lipinski definition) is 5. The highest BCUT2D eigenvalue weighted by atomic mass is 32.2. The summed E-state index contributed by atoms with van der Waals surface area (Å²) in [6.45, 7) is 6.08. The van der Waals surface area contributed by atoms with E-state index in [9.17, 15) is 8.42 Å². The fourth-order valence-corrected chi connectivity index (χ4v) is 3.30. The number of methoxy groups -OCH3 is 1. The molecule has 0 aliphatic carbocycles. The molecule has 0 aromatic carbocycles. The van der Waals surface area contributed by atoms with Gasteiger partial charge in [-0.2, -0.15) is 0 Å². The Labute approximate surface area is 152 Å². The van der Waals surface area contributed by atoms with Gasteiger partial charge in [-0.15, -0.1) is 0 Å². The molecule has 148 valence electrons. The Hall–Kier alpha value is -0.900. The van der Waals surface area contributed by atoms with E-state index in [-0.39, 0.29) is 5.75 Å². The lowest BCUT2D eigenvalue weighted by Gasteiger charge is -2.34. The Morgan fingerprint density at radius 2 is 1.92 bits per heavy atom. The van der Waals surface area contributed by atoms with Gasteiger partial charge in [0.1, 0.15) is 0 Å². The van der Waals surface area contributed by atoms with Crippen LogP contribution in [0.25, 0.3) is 0 Å². The molecule has 8 nitrogen and oxygen atoms in total. The van der Waals surface area contributed by atoms with E-state index >= 15 is 0 Å². The largest absolute Gasteiger partial charge is 0.385 e. The van der Waals surface area contributed by atoms with Gasteiger partial charge in [-0.25, -0.2) is 13.1 Å². The summed E-state index contributed by atoms with van der Waals surface area (Å²) in [4.78, 5) is 6.55. The third-order valence-corrected chi connectivity index (χ3v) is 5.54. The number of nitrogens with one attached hydrogen (secondary N) is 2. The van der Waals surface area contributed by atoms with E-state index in [0.717, 1.165) is 57.9 Å². The first-order chi connectivity index (χ1) is 12.0. The lowest BCUT2D eigenvalue weighted by molar-refractivity contribution is 0.00991. The molecule has 0 saturated carbocycles. The van der Waals surface area contributed by atoms with Crippen LogP contribution in [0, 0.1) is 0 Å². The molecule has 1 aliphatic rings. The monoisotopic (exact) mass is 378 g/mol. The van der Waals surface area contributed by atoms with Gasteiger partial charge >= 0.3 is 0 Å². The Balaban J connectivity index is 2.19. The summed E-state index contributed by atoms with van der Waals surface area (Å²) < 4.78 is 36.2. The second kappa shape index (κ2) is 12.5. The van der Waals surface area contributed by atoms with E-state index in [0.29, 0.717) is 19.2 Å². The maximum absolute atomic E-state index is 11.4. The molecule has 25 heavy (non-hydrogen) atoms. The van der Waals surface area contributed by atoms with Crippen LogP contribution in [0.2, 0.25) is 0 Å². The average molecular weight is 379 g/mol. The van der Waals surface area contributed by atoms with Crippen molar-refractivity contribution in [3.05, 3.63) is 0 Å². The van der Waals surface area contributed by atoms with Gasteiger partial charge in [0.2, 0.25) is 10.0 Å². The Bertz CT molecular complexity index is 477. The number of ether oxygens (including phenoxy) is 2. The summed E-state index contributed by atoms with van der Waals surface area (Å²) in [7, 11) is 0.373. The highest BCUT2D eigenvalue weighted by molar-refractivity contribution is 7.89. The van der Waals surface area contributed by atoms with E-state index in [1.807, 2.05) is 0 Å². The first kappa shape index (κ1) is 22.1. The molecule has 0 spiro atoms. The molecule has 1 saturated heterocycles. The molecule has 1 rings (SSSR count). The third-order valence-electron chi connectivity index (χ3n) is 4.14. The highest BCUT2D eigenvalue weighted by Crippen LogP contribution is 2.14. The van der Waals surface area contributed by atoms with Crippen LogP contribution in [0.5, 0.6) is 0 Å². The van der Waals surface area contributed by atoms with Gasteiger partial charge in [-0.1, -0.05) is 0 Å². The van der Waals surface area contributed by atoms with Crippen molar-refractivity contribution >= 4 is 16.0 Å². The Morgan fingerprint density at radius 3 is 2.52 bits per heavy atom. The van der Waals surface area contributed by atoms with E-state index < -0.39 is 10.0 Å².